The molecule has 0 bridgehead atoms. The molecule has 2 heteroatoms. The average molecular weight is 139 g/mol. The maximum absolute atomic E-state index is 10.9. The van der Waals surface area contributed by atoms with Gasteiger partial charge in [-0.05, 0) is 12.8 Å². The van der Waals surface area contributed by atoms with Crippen molar-refractivity contribution < 1.29 is 4.79 Å². The molecule has 0 N–H and O–H groups in total. The summed E-state index contributed by atoms with van der Waals surface area (Å²) in [6.07, 6.45) is 4.25. The summed E-state index contributed by atoms with van der Waals surface area (Å²) in [6, 6.07) is 0. The third kappa shape index (κ3) is 1.38. The van der Waals surface area contributed by atoms with Gasteiger partial charge in [-0.3, -0.25) is 4.79 Å². The van der Waals surface area contributed by atoms with E-state index in [-0.39, 0.29) is 5.78 Å². The molecular weight excluding hydrogens is 126 g/mol. The van der Waals surface area contributed by atoms with Gasteiger partial charge in [-0.15, -0.1) is 0 Å². The summed E-state index contributed by atoms with van der Waals surface area (Å²) >= 11 is 0. The Balaban J connectivity index is 2.71. The maximum Gasteiger partial charge on any atom is 0.175 e. The lowest BCUT2D eigenvalue weighted by molar-refractivity contribution is -0.115. The molecule has 0 saturated heterocycles. The molecule has 1 aliphatic heterocycles. The maximum atomic E-state index is 10.9. The number of hydrogen-bond acceptors (Lipinski definition) is 2. The zero-order valence-corrected chi connectivity index (χ0v) is 6.55. The third-order valence-corrected chi connectivity index (χ3v) is 1.81. The minimum Gasteiger partial charge on any atom is -0.372 e. The number of likely N-dealkylation sites (N-methyl/N-ethyl adjacent to an activating group) is 1. The number of carbonyl (C=O) groups excluding carboxylic acids is 1. The van der Waals surface area contributed by atoms with Crippen molar-refractivity contribution in [2.24, 2.45) is 0 Å². The van der Waals surface area contributed by atoms with Crippen LogP contribution in [0, 0.1) is 0 Å². The van der Waals surface area contributed by atoms with Crippen LogP contribution in [0.1, 0.15) is 19.8 Å². The van der Waals surface area contributed by atoms with E-state index in [2.05, 4.69) is 0 Å². The molecule has 0 atom stereocenters. The zero-order chi connectivity index (χ0) is 7.56. The van der Waals surface area contributed by atoms with Gasteiger partial charge in [0.2, 0.25) is 0 Å². The smallest absolute Gasteiger partial charge is 0.175 e. The van der Waals surface area contributed by atoms with Crippen LogP contribution in [0.2, 0.25) is 0 Å². The molecule has 1 rings (SSSR count). The third-order valence-electron chi connectivity index (χ3n) is 1.81. The number of ketones is 1. The van der Waals surface area contributed by atoms with Crippen molar-refractivity contribution in [3.05, 3.63) is 11.8 Å². The molecule has 10 heavy (non-hydrogen) atoms. The fraction of sp³-hybridized carbons (Fsp3) is 0.625. The van der Waals surface area contributed by atoms with Crippen molar-refractivity contribution in [3.8, 4) is 0 Å². The summed E-state index contributed by atoms with van der Waals surface area (Å²) < 4.78 is 0. The normalized spacial score (nSPS) is 18.6. The van der Waals surface area contributed by atoms with Gasteiger partial charge in [-0.25, -0.2) is 0 Å². The Morgan fingerprint density at radius 2 is 2.40 bits per heavy atom. The number of nitrogens with zero attached hydrogens (tertiary/aromatic N) is 1. The molecule has 0 radical (unpaired) electrons. The lowest BCUT2D eigenvalue weighted by Gasteiger charge is -2.24. The molecular formula is C8H13NO. The van der Waals surface area contributed by atoms with E-state index in [9.17, 15) is 4.79 Å². The molecule has 0 aromatic carbocycles. The highest BCUT2D eigenvalue weighted by Gasteiger charge is 2.11. The van der Waals surface area contributed by atoms with Crippen LogP contribution in [-0.2, 0) is 4.79 Å². The first-order valence-electron chi connectivity index (χ1n) is 3.64. The van der Waals surface area contributed by atoms with E-state index in [1.165, 1.54) is 6.42 Å². The van der Waals surface area contributed by atoms with Crippen molar-refractivity contribution in [1.29, 1.82) is 0 Å². The first-order valence-corrected chi connectivity index (χ1v) is 3.64. The number of hydrogen-bond donors (Lipinski definition) is 0. The van der Waals surface area contributed by atoms with Crippen molar-refractivity contribution in [3.63, 3.8) is 0 Å². The van der Waals surface area contributed by atoms with E-state index < -0.39 is 0 Å². The van der Waals surface area contributed by atoms with Crippen LogP contribution in [0.5, 0.6) is 0 Å². The second kappa shape index (κ2) is 2.86. The topological polar surface area (TPSA) is 20.3 Å². The molecule has 1 heterocycles. The first-order chi connectivity index (χ1) is 4.72. The van der Waals surface area contributed by atoms with E-state index in [4.69, 9.17) is 0 Å². The van der Waals surface area contributed by atoms with Gasteiger partial charge in [0.25, 0.3) is 0 Å². The van der Waals surface area contributed by atoms with E-state index in [0.717, 1.165) is 18.7 Å². The summed E-state index contributed by atoms with van der Waals surface area (Å²) in [6.45, 7) is 2.64. The zero-order valence-electron chi connectivity index (χ0n) is 6.55. The lowest BCUT2D eigenvalue weighted by Crippen LogP contribution is -2.26. The van der Waals surface area contributed by atoms with Gasteiger partial charge in [0, 0.05) is 20.5 Å². The molecule has 1 aliphatic rings. The van der Waals surface area contributed by atoms with Gasteiger partial charge in [0.05, 0.1) is 5.70 Å². The van der Waals surface area contributed by atoms with Crippen LogP contribution in [-0.4, -0.2) is 24.3 Å². The highest BCUT2D eigenvalue weighted by molar-refractivity contribution is 5.92. The van der Waals surface area contributed by atoms with E-state index in [0.29, 0.717) is 0 Å². The Hall–Kier alpha value is -0.790. The number of carbonyl (C=O) groups is 1. The summed E-state index contributed by atoms with van der Waals surface area (Å²) in [5.74, 6) is 0.183. The molecule has 56 valence electrons. The highest BCUT2D eigenvalue weighted by Crippen LogP contribution is 2.12. The second-order valence-corrected chi connectivity index (χ2v) is 2.71. The first kappa shape index (κ1) is 7.32. The highest BCUT2D eigenvalue weighted by atomic mass is 16.1. The summed E-state index contributed by atoms with van der Waals surface area (Å²) in [7, 11) is 1.96. The summed E-state index contributed by atoms with van der Waals surface area (Å²) in [4.78, 5) is 12.9. The summed E-state index contributed by atoms with van der Waals surface area (Å²) in [5.41, 5.74) is 0.881. The Morgan fingerprint density at radius 1 is 1.70 bits per heavy atom. The van der Waals surface area contributed by atoms with E-state index >= 15 is 0 Å². The minimum atomic E-state index is 0.183. The van der Waals surface area contributed by atoms with Crippen LogP contribution < -0.4 is 0 Å². The van der Waals surface area contributed by atoms with Gasteiger partial charge < -0.3 is 4.90 Å². The van der Waals surface area contributed by atoms with Gasteiger partial charge in [-0.2, -0.15) is 0 Å². The van der Waals surface area contributed by atoms with Crippen molar-refractivity contribution in [2.75, 3.05) is 13.6 Å². The largest absolute Gasteiger partial charge is 0.372 e. The molecule has 0 amide bonds. The van der Waals surface area contributed by atoms with Crippen LogP contribution in [0.15, 0.2) is 11.8 Å². The molecule has 0 fully saturated rings. The molecule has 0 saturated carbocycles. The van der Waals surface area contributed by atoms with Crippen molar-refractivity contribution in [1.82, 2.24) is 4.90 Å². The van der Waals surface area contributed by atoms with Crippen LogP contribution in [0.3, 0.4) is 0 Å². The van der Waals surface area contributed by atoms with Gasteiger partial charge in [0.1, 0.15) is 0 Å². The van der Waals surface area contributed by atoms with E-state index in [1.54, 1.807) is 6.92 Å². The lowest BCUT2D eigenvalue weighted by atomic mass is 10.1. The fourth-order valence-electron chi connectivity index (χ4n) is 1.26. The van der Waals surface area contributed by atoms with Crippen molar-refractivity contribution >= 4 is 5.78 Å². The SMILES string of the molecule is CC(=O)C1=CCCCN1C. The standard InChI is InChI=1S/C8H13NO/c1-7(10)8-5-3-4-6-9(8)2/h5H,3-4,6H2,1-2H3. The Kier molecular flexibility index (Phi) is 2.10. The second-order valence-electron chi connectivity index (χ2n) is 2.71. The molecule has 0 spiro atoms. The van der Waals surface area contributed by atoms with E-state index in [1.807, 2.05) is 18.0 Å². The average Bonchev–Trinajstić information content (AvgIpc) is 1.88. The Bertz CT molecular complexity index is 172. The van der Waals surface area contributed by atoms with Crippen molar-refractivity contribution in [2.45, 2.75) is 19.8 Å². The Labute approximate surface area is 61.5 Å². The Morgan fingerprint density at radius 3 is 2.80 bits per heavy atom. The fourth-order valence-corrected chi connectivity index (χ4v) is 1.26. The predicted octanol–water partition coefficient (Wildman–Crippen LogP) is 1.18. The predicted molar refractivity (Wildman–Crippen MR) is 40.6 cm³/mol. The van der Waals surface area contributed by atoms with Gasteiger partial charge >= 0.3 is 0 Å². The minimum absolute atomic E-state index is 0.183. The molecule has 2 nitrogen and oxygen atoms in total. The van der Waals surface area contributed by atoms with Gasteiger partial charge in [-0.1, -0.05) is 6.08 Å². The van der Waals surface area contributed by atoms with Crippen LogP contribution in [0.4, 0.5) is 0 Å². The van der Waals surface area contributed by atoms with Crippen LogP contribution in [0.25, 0.3) is 0 Å². The van der Waals surface area contributed by atoms with Crippen LogP contribution >= 0.6 is 0 Å². The summed E-state index contributed by atoms with van der Waals surface area (Å²) in [5, 5.41) is 0. The monoisotopic (exact) mass is 139 g/mol. The number of rotatable bonds is 1. The number of allylic oxidation sites excluding steroid dienone is 2. The molecule has 0 aromatic heterocycles. The van der Waals surface area contributed by atoms with Gasteiger partial charge in [0.15, 0.2) is 5.78 Å². The molecule has 0 aliphatic carbocycles. The quantitative estimate of drug-likeness (QED) is 0.543. The number of Topliss-reactive ketones (excluding diaryl/α,β-unsaturated/α-hetero) is 1. The molecule has 0 unspecified atom stereocenters. The molecule has 0 aromatic rings.